The Balaban J connectivity index is 1.87. The molecule has 1 aliphatic heterocycles. The van der Waals surface area contributed by atoms with E-state index in [9.17, 15) is 10.2 Å². The first-order chi connectivity index (χ1) is 12.6. The SMILES string of the molecule is CSc1nnc2c(n1)O[C@@H](c1cc(O)c(O)c(Br)c1)Nc1ccccc1-2. The number of thioether (sulfide) groups is 1. The average Bonchev–Trinajstić information content (AvgIpc) is 2.81. The third-order valence-corrected chi connectivity index (χ3v) is 5.03. The zero-order valence-electron chi connectivity index (χ0n) is 13.5. The molecule has 0 radical (unpaired) electrons. The van der Waals surface area contributed by atoms with Crippen molar-refractivity contribution in [2.24, 2.45) is 0 Å². The number of phenols is 2. The van der Waals surface area contributed by atoms with Crippen LogP contribution in [0.15, 0.2) is 46.0 Å². The Morgan fingerprint density at radius 1 is 1.19 bits per heavy atom. The number of nitrogens with zero attached hydrogens (tertiary/aromatic N) is 3. The maximum Gasteiger partial charge on any atom is 0.247 e. The van der Waals surface area contributed by atoms with Gasteiger partial charge in [0, 0.05) is 16.8 Å². The van der Waals surface area contributed by atoms with E-state index in [-0.39, 0.29) is 11.5 Å². The lowest BCUT2D eigenvalue weighted by molar-refractivity contribution is 0.224. The Kier molecular flexibility index (Phi) is 4.33. The second-order valence-corrected chi connectivity index (χ2v) is 7.14. The number of ether oxygens (including phenoxy) is 1. The van der Waals surface area contributed by atoms with E-state index >= 15 is 0 Å². The standard InChI is InChI=1S/C17H13BrN4O3S/c1-26-17-20-16-13(21-22-17)9-4-2-3-5-11(9)19-15(25-16)8-6-10(18)14(24)12(23)7-8/h2-7,15,19,23-24H,1H3/t15-/m0/s1. The minimum atomic E-state index is -0.647. The molecule has 2 aromatic carbocycles. The van der Waals surface area contributed by atoms with Gasteiger partial charge in [-0.15, -0.1) is 10.2 Å². The van der Waals surface area contributed by atoms with E-state index in [1.54, 1.807) is 6.07 Å². The average molecular weight is 433 g/mol. The third kappa shape index (κ3) is 2.93. The Hall–Kier alpha value is -2.52. The summed E-state index contributed by atoms with van der Waals surface area (Å²) in [6.45, 7) is 0. The molecule has 0 amide bonds. The van der Waals surface area contributed by atoms with Crippen LogP contribution in [0.25, 0.3) is 11.3 Å². The Bertz CT molecular complexity index is 978. The molecule has 3 aromatic rings. The minimum absolute atomic E-state index is 0.225. The lowest BCUT2D eigenvalue weighted by Gasteiger charge is -2.20. The van der Waals surface area contributed by atoms with Crippen molar-refractivity contribution in [1.82, 2.24) is 15.2 Å². The smallest absolute Gasteiger partial charge is 0.247 e. The molecule has 2 heterocycles. The summed E-state index contributed by atoms with van der Waals surface area (Å²) in [6.07, 6.45) is 1.21. The number of rotatable bonds is 2. The van der Waals surface area contributed by atoms with Gasteiger partial charge in [0.2, 0.25) is 11.0 Å². The highest BCUT2D eigenvalue weighted by atomic mass is 79.9. The number of para-hydroxylation sites is 1. The molecule has 1 atom stereocenters. The van der Waals surface area contributed by atoms with Crippen LogP contribution in [0.4, 0.5) is 5.69 Å². The maximum atomic E-state index is 9.95. The topological polar surface area (TPSA) is 100 Å². The number of aromatic hydroxyl groups is 2. The van der Waals surface area contributed by atoms with Crippen LogP contribution in [0.2, 0.25) is 0 Å². The Labute approximate surface area is 161 Å². The predicted molar refractivity (Wildman–Crippen MR) is 102 cm³/mol. The summed E-state index contributed by atoms with van der Waals surface area (Å²) >= 11 is 4.60. The van der Waals surface area contributed by atoms with E-state index in [0.29, 0.717) is 26.8 Å². The first-order valence-corrected chi connectivity index (χ1v) is 9.61. The molecule has 0 fully saturated rings. The maximum absolute atomic E-state index is 9.95. The van der Waals surface area contributed by atoms with Crippen molar-refractivity contribution in [3.05, 3.63) is 46.4 Å². The molecule has 0 bridgehead atoms. The van der Waals surface area contributed by atoms with Crippen LogP contribution in [-0.2, 0) is 0 Å². The molecule has 0 unspecified atom stereocenters. The number of hydrogen-bond acceptors (Lipinski definition) is 8. The number of nitrogens with one attached hydrogen (secondary N) is 1. The molecule has 0 saturated heterocycles. The normalized spacial score (nSPS) is 15.2. The van der Waals surface area contributed by atoms with Crippen molar-refractivity contribution >= 4 is 33.4 Å². The van der Waals surface area contributed by atoms with Crippen LogP contribution in [-0.4, -0.2) is 31.7 Å². The predicted octanol–water partition coefficient (Wildman–Crippen LogP) is 3.94. The van der Waals surface area contributed by atoms with Crippen molar-refractivity contribution in [2.75, 3.05) is 11.6 Å². The van der Waals surface area contributed by atoms with Gasteiger partial charge in [-0.05, 0) is 40.4 Å². The highest BCUT2D eigenvalue weighted by Crippen LogP contribution is 2.42. The fourth-order valence-corrected chi connectivity index (χ4v) is 3.41. The minimum Gasteiger partial charge on any atom is -0.504 e. The van der Waals surface area contributed by atoms with Gasteiger partial charge < -0.3 is 20.3 Å². The van der Waals surface area contributed by atoms with Crippen molar-refractivity contribution in [3.8, 4) is 28.6 Å². The third-order valence-electron chi connectivity index (χ3n) is 3.88. The summed E-state index contributed by atoms with van der Waals surface area (Å²) in [5.41, 5.74) is 2.77. The van der Waals surface area contributed by atoms with Gasteiger partial charge in [0.1, 0.15) is 0 Å². The van der Waals surface area contributed by atoms with E-state index in [1.807, 2.05) is 30.5 Å². The first-order valence-electron chi connectivity index (χ1n) is 7.59. The highest BCUT2D eigenvalue weighted by molar-refractivity contribution is 9.10. The summed E-state index contributed by atoms with van der Waals surface area (Å²) in [7, 11) is 0. The van der Waals surface area contributed by atoms with Crippen molar-refractivity contribution < 1.29 is 14.9 Å². The molecule has 0 spiro atoms. The van der Waals surface area contributed by atoms with Gasteiger partial charge in [-0.25, -0.2) is 0 Å². The second kappa shape index (κ2) is 6.65. The molecule has 1 aliphatic rings. The number of anilines is 1. The van der Waals surface area contributed by atoms with Crippen molar-refractivity contribution in [3.63, 3.8) is 0 Å². The highest BCUT2D eigenvalue weighted by Gasteiger charge is 2.27. The number of halogens is 1. The van der Waals surface area contributed by atoms with Crippen LogP contribution in [0.3, 0.4) is 0 Å². The zero-order valence-corrected chi connectivity index (χ0v) is 15.9. The van der Waals surface area contributed by atoms with E-state index < -0.39 is 6.23 Å². The number of fused-ring (bicyclic) bond motifs is 3. The first kappa shape index (κ1) is 16.9. The molecule has 4 rings (SSSR count). The lowest BCUT2D eigenvalue weighted by atomic mass is 10.1. The quantitative estimate of drug-likeness (QED) is 0.413. The largest absolute Gasteiger partial charge is 0.504 e. The van der Waals surface area contributed by atoms with E-state index in [4.69, 9.17) is 4.74 Å². The molecule has 1 aromatic heterocycles. The van der Waals surface area contributed by atoms with Crippen LogP contribution in [0.5, 0.6) is 17.4 Å². The molecule has 0 saturated carbocycles. The summed E-state index contributed by atoms with van der Waals surface area (Å²) in [4.78, 5) is 4.43. The van der Waals surface area contributed by atoms with Gasteiger partial charge in [-0.3, -0.25) is 0 Å². The molecule has 3 N–H and O–H groups in total. The van der Waals surface area contributed by atoms with Gasteiger partial charge >= 0.3 is 0 Å². The van der Waals surface area contributed by atoms with Crippen molar-refractivity contribution in [1.29, 1.82) is 0 Å². The molecule has 7 nitrogen and oxygen atoms in total. The van der Waals surface area contributed by atoms with Gasteiger partial charge in [0.05, 0.1) is 4.47 Å². The van der Waals surface area contributed by atoms with E-state index in [1.165, 1.54) is 17.8 Å². The van der Waals surface area contributed by atoms with Crippen LogP contribution >= 0.6 is 27.7 Å². The van der Waals surface area contributed by atoms with Gasteiger partial charge in [0.25, 0.3) is 0 Å². The van der Waals surface area contributed by atoms with Crippen molar-refractivity contribution in [2.45, 2.75) is 11.4 Å². The second-order valence-electron chi connectivity index (χ2n) is 5.51. The number of benzene rings is 2. The molecular weight excluding hydrogens is 420 g/mol. The van der Waals surface area contributed by atoms with Crippen LogP contribution in [0, 0.1) is 0 Å². The lowest BCUT2D eigenvalue weighted by Crippen LogP contribution is -2.17. The zero-order chi connectivity index (χ0) is 18.3. The number of aromatic nitrogens is 3. The molecule has 26 heavy (non-hydrogen) atoms. The van der Waals surface area contributed by atoms with Crippen LogP contribution in [0.1, 0.15) is 11.8 Å². The van der Waals surface area contributed by atoms with E-state index in [0.717, 1.165) is 11.3 Å². The molecule has 132 valence electrons. The molecule has 9 heteroatoms. The van der Waals surface area contributed by atoms with Gasteiger partial charge in [-0.2, -0.15) is 4.98 Å². The fraction of sp³-hybridized carbons (Fsp3) is 0.118. The van der Waals surface area contributed by atoms with Gasteiger partial charge in [0.15, 0.2) is 23.4 Å². The molecule has 0 aliphatic carbocycles. The Morgan fingerprint density at radius 3 is 2.77 bits per heavy atom. The molecular formula is C17H13BrN4O3S. The summed E-state index contributed by atoms with van der Waals surface area (Å²) in [5.74, 6) is -0.129. The fourth-order valence-electron chi connectivity index (χ4n) is 2.64. The van der Waals surface area contributed by atoms with Crippen LogP contribution < -0.4 is 10.1 Å². The summed E-state index contributed by atoms with van der Waals surface area (Å²) in [6, 6.07) is 10.7. The summed E-state index contributed by atoms with van der Waals surface area (Å²) < 4.78 is 6.43. The van der Waals surface area contributed by atoms with Gasteiger partial charge in [-0.1, -0.05) is 30.0 Å². The monoisotopic (exact) mass is 432 g/mol. The summed E-state index contributed by atoms with van der Waals surface area (Å²) in [5, 5.41) is 31.9. The number of phenolic OH excluding ortho intramolecular Hbond substituents is 2. The Morgan fingerprint density at radius 2 is 2.00 bits per heavy atom. The van der Waals surface area contributed by atoms with E-state index in [2.05, 4.69) is 36.4 Å². The number of hydrogen-bond donors (Lipinski definition) is 3.